The number of rotatable bonds is 3. The number of nitrogens with one attached hydrogen (secondary N) is 1. The predicted molar refractivity (Wildman–Crippen MR) is 71.9 cm³/mol. The van der Waals surface area contributed by atoms with Crippen LogP contribution in [0.4, 0.5) is 0 Å². The number of nitrogens with two attached hydrogens (primary N) is 1. The summed E-state index contributed by atoms with van der Waals surface area (Å²) in [6.07, 6.45) is 7.88. The highest BCUT2D eigenvalue weighted by Gasteiger charge is 2.52. The van der Waals surface area contributed by atoms with Crippen LogP contribution in [-0.4, -0.2) is 18.0 Å². The molecular formula is C15H26N2O. The van der Waals surface area contributed by atoms with Crippen LogP contribution in [0.3, 0.4) is 0 Å². The van der Waals surface area contributed by atoms with E-state index in [4.69, 9.17) is 5.73 Å². The minimum atomic E-state index is -0.427. The number of amides is 1. The molecule has 18 heavy (non-hydrogen) atoms. The smallest absolute Gasteiger partial charge is 0.227 e. The maximum atomic E-state index is 12.4. The minimum absolute atomic E-state index is 0.123. The van der Waals surface area contributed by atoms with Crippen LogP contribution in [0.2, 0.25) is 0 Å². The van der Waals surface area contributed by atoms with Crippen LogP contribution in [0.15, 0.2) is 0 Å². The van der Waals surface area contributed by atoms with Crippen molar-refractivity contribution in [2.75, 3.05) is 6.54 Å². The minimum Gasteiger partial charge on any atom is -0.350 e. The van der Waals surface area contributed by atoms with E-state index in [1.54, 1.807) is 0 Å². The molecular weight excluding hydrogens is 224 g/mol. The second-order valence-electron chi connectivity index (χ2n) is 7.74. The van der Waals surface area contributed by atoms with Crippen LogP contribution < -0.4 is 11.1 Å². The van der Waals surface area contributed by atoms with Crippen molar-refractivity contribution in [2.24, 2.45) is 28.9 Å². The molecule has 3 heteroatoms. The van der Waals surface area contributed by atoms with Crippen molar-refractivity contribution in [3.05, 3.63) is 0 Å². The lowest BCUT2D eigenvalue weighted by atomic mass is 9.53. The molecule has 3 nitrogen and oxygen atoms in total. The largest absolute Gasteiger partial charge is 0.350 e. The number of carbonyl (C=O) groups excluding carboxylic acids is 1. The molecule has 4 fully saturated rings. The molecule has 4 saturated carbocycles. The van der Waals surface area contributed by atoms with E-state index in [2.05, 4.69) is 5.32 Å². The molecule has 0 heterocycles. The van der Waals surface area contributed by atoms with Gasteiger partial charge in [0.25, 0.3) is 0 Å². The van der Waals surface area contributed by atoms with Crippen LogP contribution >= 0.6 is 0 Å². The molecule has 0 unspecified atom stereocenters. The van der Waals surface area contributed by atoms with E-state index in [0.717, 1.165) is 17.8 Å². The Bertz CT molecular complexity index is 326. The van der Waals surface area contributed by atoms with Crippen molar-refractivity contribution < 1.29 is 4.79 Å². The van der Waals surface area contributed by atoms with Gasteiger partial charge in [0.15, 0.2) is 0 Å². The lowest BCUT2D eigenvalue weighted by molar-refractivity contribution is -0.134. The first-order valence-corrected chi connectivity index (χ1v) is 7.45. The Labute approximate surface area is 110 Å². The molecule has 102 valence electrons. The molecule has 0 saturated heterocycles. The Morgan fingerprint density at radius 3 is 2.00 bits per heavy atom. The molecule has 4 aliphatic carbocycles. The summed E-state index contributed by atoms with van der Waals surface area (Å²) in [6.45, 7) is 4.32. The van der Waals surface area contributed by atoms with E-state index in [1.807, 2.05) is 13.8 Å². The Kier molecular flexibility index (Phi) is 2.74. The zero-order valence-electron chi connectivity index (χ0n) is 11.7. The Balaban J connectivity index is 1.74. The number of hydrogen-bond acceptors (Lipinski definition) is 2. The molecule has 0 aromatic heterocycles. The summed E-state index contributed by atoms with van der Waals surface area (Å²) in [5, 5.41) is 3.40. The van der Waals surface area contributed by atoms with E-state index in [-0.39, 0.29) is 11.4 Å². The lowest BCUT2D eigenvalue weighted by Gasteiger charge is -2.57. The van der Waals surface area contributed by atoms with E-state index in [1.165, 1.54) is 38.5 Å². The summed E-state index contributed by atoms with van der Waals surface area (Å²) in [5.41, 5.74) is 5.41. The van der Waals surface area contributed by atoms with Crippen molar-refractivity contribution in [3.63, 3.8) is 0 Å². The molecule has 4 aliphatic rings. The molecule has 0 spiro atoms. The zero-order valence-corrected chi connectivity index (χ0v) is 11.7. The second-order valence-corrected chi connectivity index (χ2v) is 7.74. The van der Waals surface area contributed by atoms with Crippen LogP contribution in [0.5, 0.6) is 0 Å². The first kappa shape index (κ1) is 12.5. The van der Waals surface area contributed by atoms with Crippen LogP contribution in [0.1, 0.15) is 52.4 Å². The normalized spacial score (nSPS) is 42.1. The SMILES string of the molecule is CC(C)(CN)C(=O)NC12CC3CC(CC(C3)C1)C2. The Morgan fingerprint density at radius 1 is 1.17 bits per heavy atom. The van der Waals surface area contributed by atoms with E-state index < -0.39 is 5.41 Å². The second kappa shape index (κ2) is 3.96. The fourth-order valence-electron chi connectivity index (χ4n) is 4.77. The van der Waals surface area contributed by atoms with Crippen molar-refractivity contribution in [1.82, 2.24) is 5.32 Å². The topological polar surface area (TPSA) is 55.1 Å². The third-order valence-electron chi connectivity index (χ3n) is 5.54. The summed E-state index contributed by atoms with van der Waals surface area (Å²) in [4.78, 5) is 12.4. The van der Waals surface area contributed by atoms with Crippen molar-refractivity contribution in [3.8, 4) is 0 Å². The van der Waals surface area contributed by atoms with Crippen LogP contribution in [-0.2, 0) is 4.79 Å². The molecule has 1 amide bonds. The lowest BCUT2D eigenvalue weighted by Crippen LogP contribution is -2.62. The summed E-state index contributed by atoms with van der Waals surface area (Å²) in [7, 11) is 0. The first-order valence-electron chi connectivity index (χ1n) is 7.45. The highest BCUT2D eigenvalue weighted by Crippen LogP contribution is 2.55. The quantitative estimate of drug-likeness (QED) is 0.805. The fraction of sp³-hybridized carbons (Fsp3) is 0.933. The van der Waals surface area contributed by atoms with E-state index in [0.29, 0.717) is 6.54 Å². The van der Waals surface area contributed by atoms with Gasteiger partial charge in [-0.05, 0) is 70.1 Å². The van der Waals surface area contributed by atoms with Gasteiger partial charge in [0, 0.05) is 12.1 Å². The summed E-state index contributed by atoms with van der Waals surface area (Å²) >= 11 is 0. The van der Waals surface area contributed by atoms with Crippen molar-refractivity contribution >= 4 is 5.91 Å². The van der Waals surface area contributed by atoms with Gasteiger partial charge >= 0.3 is 0 Å². The van der Waals surface area contributed by atoms with Crippen molar-refractivity contribution in [1.29, 1.82) is 0 Å². The standard InChI is InChI=1S/C15H26N2O/c1-14(2,9-16)13(18)17-15-6-10-3-11(7-15)5-12(4-10)8-15/h10-12H,3-9,16H2,1-2H3,(H,17,18). The first-order chi connectivity index (χ1) is 8.42. The third-order valence-corrected chi connectivity index (χ3v) is 5.54. The maximum Gasteiger partial charge on any atom is 0.227 e. The maximum absolute atomic E-state index is 12.4. The monoisotopic (exact) mass is 250 g/mol. The summed E-state index contributed by atoms with van der Waals surface area (Å²) in [5.74, 6) is 2.78. The average molecular weight is 250 g/mol. The molecule has 3 N–H and O–H groups in total. The van der Waals surface area contributed by atoms with Crippen LogP contribution in [0, 0.1) is 23.2 Å². The highest BCUT2D eigenvalue weighted by molar-refractivity contribution is 5.82. The van der Waals surface area contributed by atoms with E-state index in [9.17, 15) is 4.79 Å². The van der Waals surface area contributed by atoms with Gasteiger partial charge in [-0.25, -0.2) is 0 Å². The molecule has 0 aromatic rings. The van der Waals surface area contributed by atoms with E-state index >= 15 is 0 Å². The highest BCUT2D eigenvalue weighted by atomic mass is 16.2. The van der Waals surface area contributed by atoms with Crippen LogP contribution in [0.25, 0.3) is 0 Å². The van der Waals surface area contributed by atoms with Gasteiger partial charge in [0.05, 0.1) is 5.41 Å². The summed E-state index contributed by atoms with van der Waals surface area (Å²) in [6, 6.07) is 0. The van der Waals surface area contributed by atoms with Gasteiger partial charge in [-0.15, -0.1) is 0 Å². The molecule has 0 radical (unpaired) electrons. The molecule has 4 rings (SSSR count). The van der Waals surface area contributed by atoms with Gasteiger partial charge in [0.1, 0.15) is 0 Å². The number of hydrogen-bond donors (Lipinski definition) is 2. The molecule has 0 aliphatic heterocycles. The third kappa shape index (κ3) is 1.97. The average Bonchev–Trinajstić information content (AvgIpc) is 2.26. The zero-order chi connectivity index (χ0) is 13.0. The van der Waals surface area contributed by atoms with Gasteiger partial charge < -0.3 is 11.1 Å². The van der Waals surface area contributed by atoms with Gasteiger partial charge in [0.2, 0.25) is 5.91 Å². The van der Waals surface area contributed by atoms with Gasteiger partial charge in [-0.1, -0.05) is 0 Å². The Morgan fingerprint density at radius 2 is 1.61 bits per heavy atom. The van der Waals surface area contributed by atoms with Crippen molar-refractivity contribution in [2.45, 2.75) is 57.9 Å². The number of carbonyl (C=O) groups is 1. The van der Waals surface area contributed by atoms with Gasteiger partial charge in [-0.3, -0.25) is 4.79 Å². The van der Waals surface area contributed by atoms with Gasteiger partial charge in [-0.2, -0.15) is 0 Å². The molecule has 0 atom stereocenters. The summed E-state index contributed by atoms with van der Waals surface area (Å²) < 4.78 is 0. The molecule has 0 aromatic carbocycles. The molecule has 4 bridgehead atoms. The Hall–Kier alpha value is -0.570. The predicted octanol–water partition coefficient (Wildman–Crippen LogP) is 2.06. The fourth-order valence-corrected chi connectivity index (χ4v) is 4.77.